The Morgan fingerprint density at radius 2 is 1.68 bits per heavy atom. The molecule has 38 heavy (non-hydrogen) atoms. The van der Waals surface area contributed by atoms with Crippen LogP contribution in [0.2, 0.25) is 0 Å². The summed E-state index contributed by atoms with van der Waals surface area (Å²) in [7, 11) is -2.60. The van der Waals surface area contributed by atoms with E-state index in [1.54, 1.807) is 47.0 Å². The molecule has 0 saturated heterocycles. The third-order valence-corrected chi connectivity index (χ3v) is 8.99. The van der Waals surface area contributed by atoms with E-state index < -0.39 is 27.1 Å². The van der Waals surface area contributed by atoms with Gasteiger partial charge in [0.05, 0.1) is 17.5 Å². The Balaban J connectivity index is 1.73. The molecular weight excluding hydrogens is 527 g/mol. The average Bonchev–Trinajstić information content (AvgIpc) is 3.54. The van der Waals surface area contributed by atoms with Crippen LogP contribution in [0.3, 0.4) is 0 Å². The van der Waals surface area contributed by atoms with E-state index >= 15 is 0 Å². The van der Waals surface area contributed by atoms with Gasteiger partial charge < -0.3 is 4.74 Å². The number of para-hydroxylation sites is 1. The molecular formula is C27H23FN4O4S2. The van der Waals surface area contributed by atoms with Gasteiger partial charge in [0.15, 0.2) is 11.0 Å². The van der Waals surface area contributed by atoms with E-state index in [1.807, 2.05) is 19.1 Å². The summed E-state index contributed by atoms with van der Waals surface area (Å²) in [6.45, 7) is 1.86. The van der Waals surface area contributed by atoms with Crippen LogP contribution >= 0.6 is 11.8 Å². The highest BCUT2D eigenvalue weighted by molar-refractivity contribution is 8.00. The van der Waals surface area contributed by atoms with Gasteiger partial charge in [-0.25, -0.2) is 16.8 Å². The molecule has 3 aromatic carbocycles. The van der Waals surface area contributed by atoms with Gasteiger partial charge in [0, 0.05) is 22.8 Å². The predicted octanol–water partition coefficient (Wildman–Crippen LogP) is 5.31. The summed E-state index contributed by atoms with van der Waals surface area (Å²) in [5.41, 5.74) is 1.53. The van der Waals surface area contributed by atoms with Gasteiger partial charge in [0.1, 0.15) is 11.1 Å². The van der Waals surface area contributed by atoms with Crippen LogP contribution < -0.4 is 0 Å². The van der Waals surface area contributed by atoms with E-state index in [2.05, 4.69) is 10.2 Å². The van der Waals surface area contributed by atoms with Crippen LogP contribution in [-0.4, -0.2) is 45.5 Å². The van der Waals surface area contributed by atoms with Crippen LogP contribution in [0, 0.1) is 5.82 Å². The summed E-state index contributed by atoms with van der Waals surface area (Å²) < 4.78 is 48.9. The zero-order valence-electron chi connectivity index (χ0n) is 20.5. The van der Waals surface area contributed by atoms with Crippen LogP contribution in [0.4, 0.5) is 4.39 Å². The smallest absolute Gasteiger partial charge is 0.319 e. The maximum absolute atomic E-state index is 13.8. The minimum absolute atomic E-state index is 0.146. The first-order chi connectivity index (χ1) is 18.3. The van der Waals surface area contributed by atoms with Crippen molar-refractivity contribution in [2.24, 2.45) is 0 Å². The van der Waals surface area contributed by atoms with Crippen LogP contribution in [-0.2, 0) is 19.6 Å². The van der Waals surface area contributed by atoms with Crippen molar-refractivity contribution in [2.75, 3.05) is 7.11 Å². The Bertz CT molecular complexity index is 1720. The highest BCUT2D eigenvalue weighted by Crippen LogP contribution is 2.36. The van der Waals surface area contributed by atoms with Crippen molar-refractivity contribution >= 4 is 38.7 Å². The zero-order valence-corrected chi connectivity index (χ0v) is 22.1. The fourth-order valence-corrected chi connectivity index (χ4v) is 6.52. The number of thioether (sulfide) groups is 1. The summed E-state index contributed by atoms with van der Waals surface area (Å²) in [4.78, 5) is 12.5. The molecule has 0 aliphatic heterocycles. The molecule has 0 spiro atoms. The van der Waals surface area contributed by atoms with Gasteiger partial charge in [-0.1, -0.05) is 55.1 Å². The first-order valence-corrected chi connectivity index (χ1v) is 14.0. The highest BCUT2D eigenvalue weighted by atomic mass is 32.2. The highest BCUT2D eigenvalue weighted by Gasteiger charge is 2.27. The number of hydrogen-bond donors (Lipinski definition) is 0. The molecule has 2 aromatic heterocycles. The molecule has 0 unspecified atom stereocenters. The quantitative estimate of drug-likeness (QED) is 0.191. The SMILES string of the molecule is CC[C@@H](Sc1nnc(-c2cn(S(=O)(=O)c3ccccc3)c3ccccc23)n1-c1ccc(F)cc1)C(=O)OC. The van der Waals surface area contributed by atoms with E-state index in [4.69, 9.17) is 4.74 Å². The van der Waals surface area contributed by atoms with Crippen molar-refractivity contribution in [3.63, 3.8) is 0 Å². The Labute approximate surface area is 223 Å². The molecule has 8 nitrogen and oxygen atoms in total. The molecule has 2 heterocycles. The molecule has 194 valence electrons. The average molecular weight is 551 g/mol. The maximum atomic E-state index is 13.8. The summed E-state index contributed by atoms with van der Waals surface area (Å²) in [5.74, 6) is -0.473. The lowest BCUT2D eigenvalue weighted by Gasteiger charge is -2.14. The Morgan fingerprint density at radius 3 is 2.37 bits per heavy atom. The predicted molar refractivity (Wildman–Crippen MR) is 143 cm³/mol. The molecule has 0 saturated carbocycles. The molecule has 0 aliphatic rings. The molecule has 0 aliphatic carbocycles. The Kier molecular flexibility index (Phi) is 7.04. The standard InChI is InChI=1S/C27H23FN4O4S2/c1-3-24(26(33)36-2)37-27-30-29-25(32(27)19-15-13-18(28)14-16-19)22-17-31(23-12-8-7-11-21(22)23)38(34,35)20-9-5-4-6-10-20/h4-17,24H,3H2,1-2H3/t24-/m1/s1. The molecule has 0 N–H and O–H groups in total. The molecule has 0 bridgehead atoms. The minimum atomic E-state index is -3.92. The monoisotopic (exact) mass is 550 g/mol. The number of benzene rings is 3. The fourth-order valence-electron chi connectivity index (χ4n) is 4.13. The van der Waals surface area contributed by atoms with Crippen LogP contribution in [0.5, 0.6) is 0 Å². The third-order valence-electron chi connectivity index (χ3n) is 6.02. The molecule has 11 heteroatoms. The minimum Gasteiger partial charge on any atom is -0.468 e. The van der Waals surface area contributed by atoms with Crippen molar-refractivity contribution in [3.8, 4) is 17.1 Å². The van der Waals surface area contributed by atoms with Gasteiger partial charge in [-0.05, 0) is 48.9 Å². The van der Waals surface area contributed by atoms with Crippen molar-refractivity contribution in [1.29, 1.82) is 0 Å². The number of rotatable bonds is 8. The van der Waals surface area contributed by atoms with Gasteiger partial charge in [-0.3, -0.25) is 9.36 Å². The summed E-state index contributed by atoms with van der Waals surface area (Å²) >= 11 is 1.17. The van der Waals surface area contributed by atoms with E-state index in [9.17, 15) is 17.6 Å². The maximum Gasteiger partial charge on any atom is 0.319 e. The number of carbonyl (C=O) groups is 1. The van der Waals surface area contributed by atoms with E-state index in [0.29, 0.717) is 39.6 Å². The summed E-state index contributed by atoms with van der Waals surface area (Å²) in [5, 5.41) is 9.24. The number of halogens is 1. The van der Waals surface area contributed by atoms with Gasteiger partial charge in [0.2, 0.25) is 0 Å². The van der Waals surface area contributed by atoms with Gasteiger partial charge >= 0.3 is 5.97 Å². The molecule has 0 radical (unpaired) electrons. The van der Waals surface area contributed by atoms with Gasteiger partial charge in [-0.2, -0.15) is 0 Å². The number of carbonyl (C=O) groups excluding carboxylic acids is 1. The summed E-state index contributed by atoms with van der Waals surface area (Å²) in [6.07, 6.45) is 2.00. The second-order valence-corrected chi connectivity index (χ2v) is 11.3. The molecule has 5 aromatic rings. The number of nitrogens with zero attached hydrogens (tertiary/aromatic N) is 4. The summed E-state index contributed by atoms with van der Waals surface area (Å²) in [6, 6.07) is 21.0. The lowest BCUT2D eigenvalue weighted by Crippen LogP contribution is -2.18. The number of ether oxygens (including phenoxy) is 1. The third kappa shape index (κ3) is 4.59. The van der Waals surface area contributed by atoms with E-state index in [-0.39, 0.29) is 4.90 Å². The molecule has 1 atom stereocenters. The van der Waals surface area contributed by atoms with E-state index in [0.717, 1.165) is 0 Å². The van der Waals surface area contributed by atoms with Gasteiger partial charge in [0.25, 0.3) is 10.0 Å². The second-order valence-electron chi connectivity index (χ2n) is 8.33. The molecule has 0 fully saturated rings. The van der Waals surface area contributed by atoms with Crippen LogP contribution in [0.15, 0.2) is 95.1 Å². The van der Waals surface area contributed by atoms with Crippen LogP contribution in [0.1, 0.15) is 13.3 Å². The van der Waals surface area contributed by atoms with Crippen molar-refractivity contribution < 1.29 is 22.3 Å². The van der Waals surface area contributed by atoms with Gasteiger partial charge in [-0.15, -0.1) is 10.2 Å². The van der Waals surface area contributed by atoms with Crippen molar-refractivity contribution in [1.82, 2.24) is 18.7 Å². The normalized spacial score (nSPS) is 12.5. The van der Waals surface area contributed by atoms with E-state index in [1.165, 1.54) is 53.3 Å². The molecule has 0 amide bonds. The topological polar surface area (TPSA) is 96.1 Å². The van der Waals surface area contributed by atoms with Crippen molar-refractivity contribution in [3.05, 3.63) is 90.9 Å². The fraction of sp³-hybridized carbons (Fsp3) is 0.148. The number of esters is 1. The zero-order chi connectivity index (χ0) is 26.9. The first-order valence-electron chi connectivity index (χ1n) is 11.7. The first kappa shape index (κ1) is 25.7. The number of fused-ring (bicyclic) bond motifs is 1. The lowest BCUT2D eigenvalue weighted by atomic mass is 10.1. The molecule has 5 rings (SSSR count). The number of methoxy groups -OCH3 is 1. The van der Waals surface area contributed by atoms with Crippen molar-refractivity contribution in [2.45, 2.75) is 28.6 Å². The number of hydrogen-bond acceptors (Lipinski definition) is 7. The Hall–Kier alpha value is -3.96. The number of aromatic nitrogens is 4. The second kappa shape index (κ2) is 10.4. The largest absolute Gasteiger partial charge is 0.468 e. The van der Waals surface area contributed by atoms with Crippen LogP contribution in [0.25, 0.3) is 28.0 Å². The Morgan fingerprint density at radius 1 is 1.00 bits per heavy atom. The lowest BCUT2D eigenvalue weighted by molar-refractivity contribution is -0.140.